The van der Waals surface area contributed by atoms with Crippen molar-refractivity contribution in [1.82, 2.24) is 15.2 Å². The van der Waals surface area contributed by atoms with Crippen LogP contribution in [0.4, 0.5) is 0 Å². The summed E-state index contributed by atoms with van der Waals surface area (Å²) in [6.07, 6.45) is 1.61. The molecule has 4 nitrogen and oxygen atoms in total. The van der Waals surface area contributed by atoms with Gasteiger partial charge in [-0.15, -0.1) is 0 Å². The maximum atomic E-state index is 12.6. The van der Waals surface area contributed by atoms with Crippen molar-refractivity contribution in [2.75, 3.05) is 0 Å². The summed E-state index contributed by atoms with van der Waals surface area (Å²) in [4.78, 5) is 16.9. The van der Waals surface area contributed by atoms with Crippen LogP contribution in [0.25, 0.3) is 10.9 Å². The first-order chi connectivity index (χ1) is 9.65. The molecule has 2 aromatic heterocycles. The van der Waals surface area contributed by atoms with Crippen molar-refractivity contribution < 1.29 is 4.79 Å². The van der Waals surface area contributed by atoms with Crippen molar-refractivity contribution in [3.05, 3.63) is 65.1 Å². The molecule has 98 valence electrons. The van der Waals surface area contributed by atoms with Crippen LogP contribution in [-0.4, -0.2) is 21.0 Å². The Morgan fingerprint density at radius 3 is 2.70 bits per heavy atom. The summed E-state index contributed by atoms with van der Waals surface area (Å²) >= 11 is 0. The zero-order valence-electron chi connectivity index (χ0n) is 11.3. The van der Waals surface area contributed by atoms with E-state index in [2.05, 4.69) is 15.2 Å². The fraction of sp³-hybridized carbons (Fsp3) is 0.125. The van der Waals surface area contributed by atoms with E-state index >= 15 is 0 Å². The molecule has 0 saturated heterocycles. The van der Waals surface area contributed by atoms with Crippen LogP contribution in [0.15, 0.2) is 42.6 Å². The number of carbonyl (C=O) groups is 1. The molecule has 0 aliphatic carbocycles. The van der Waals surface area contributed by atoms with Gasteiger partial charge >= 0.3 is 0 Å². The third-order valence-electron chi connectivity index (χ3n) is 3.20. The van der Waals surface area contributed by atoms with Gasteiger partial charge in [-0.3, -0.25) is 9.78 Å². The van der Waals surface area contributed by atoms with E-state index in [0.717, 1.165) is 16.6 Å². The Morgan fingerprint density at radius 2 is 1.85 bits per heavy atom. The monoisotopic (exact) mass is 263 g/mol. The Labute approximate surface area is 116 Å². The maximum Gasteiger partial charge on any atom is 0.196 e. The second-order valence-corrected chi connectivity index (χ2v) is 4.73. The summed E-state index contributed by atoms with van der Waals surface area (Å²) in [7, 11) is 0. The molecule has 4 heteroatoms. The Kier molecular flexibility index (Phi) is 2.99. The predicted octanol–water partition coefficient (Wildman–Crippen LogP) is 2.87. The minimum Gasteiger partial charge on any atom is -0.288 e. The van der Waals surface area contributed by atoms with Gasteiger partial charge < -0.3 is 0 Å². The van der Waals surface area contributed by atoms with Crippen molar-refractivity contribution >= 4 is 16.7 Å². The molecule has 0 aliphatic heterocycles. The molecule has 0 fully saturated rings. The van der Waals surface area contributed by atoms with Gasteiger partial charge in [0.25, 0.3) is 0 Å². The summed E-state index contributed by atoms with van der Waals surface area (Å²) in [6, 6.07) is 11.4. The Morgan fingerprint density at radius 1 is 1.05 bits per heavy atom. The molecule has 0 unspecified atom stereocenters. The van der Waals surface area contributed by atoms with Gasteiger partial charge in [-0.25, -0.2) is 0 Å². The van der Waals surface area contributed by atoms with Gasteiger partial charge in [-0.05, 0) is 32.0 Å². The number of benzene rings is 1. The van der Waals surface area contributed by atoms with E-state index in [0.29, 0.717) is 16.8 Å². The molecule has 0 N–H and O–H groups in total. The van der Waals surface area contributed by atoms with E-state index in [1.807, 2.05) is 37.3 Å². The number of nitrogens with zero attached hydrogens (tertiary/aromatic N) is 3. The van der Waals surface area contributed by atoms with Crippen molar-refractivity contribution in [1.29, 1.82) is 0 Å². The molecule has 0 atom stereocenters. The second-order valence-electron chi connectivity index (χ2n) is 4.73. The first-order valence-electron chi connectivity index (χ1n) is 6.35. The number of ketones is 1. The standard InChI is InChI=1S/C16H13N3O/c1-10-7-14(11(2)19-18-10)16(20)13-8-12-5-3-4-6-15(12)17-9-13/h3-9H,1-2H3. The van der Waals surface area contributed by atoms with Gasteiger partial charge in [0.05, 0.1) is 16.9 Å². The molecule has 0 bridgehead atoms. The first-order valence-corrected chi connectivity index (χ1v) is 6.35. The van der Waals surface area contributed by atoms with Crippen LogP contribution in [0.3, 0.4) is 0 Å². The molecular formula is C16H13N3O. The average molecular weight is 263 g/mol. The number of carbonyl (C=O) groups excluding carboxylic acids is 1. The predicted molar refractivity (Wildman–Crippen MR) is 76.7 cm³/mol. The highest BCUT2D eigenvalue weighted by Crippen LogP contribution is 2.17. The molecule has 0 radical (unpaired) electrons. The average Bonchev–Trinajstić information content (AvgIpc) is 2.48. The number of hydrogen-bond donors (Lipinski definition) is 0. The Balaban J connectivity index is 2.10. The molecule has 0 spiro atoms. The van der Waals surface area contributed by atoms with Gasteiger partial charge in [-0.1, -0.05) is 18.2 Å². The number of hydrogen-bond acceptors (Lipinski definition) is 4. The lowest BCUT2D eigenvalue weighted by Crippen LogP contribution is -2.07. The van der Waals surface area contributed by atoms with Gasteiger partial charge in [0, 0.05) is 22.7 Å². The minimum absolute atomic E-state index is 0.0706. The zero-order valence-corrected chi connectivity index (χ0v) is 11.3. The molecule has 3 rings (SSSR count). The lowest BCUT2D eigenvalue weighted by atomic mass is 10.0. The molecule has 20 heavy (non-hydrogen) atoms. The Bertz CT molecular complexity index is 812. The molecule has 2 heterocycles. The molecule has 1 aromatic carbocycles. The summed E-state index contributed by atoms with van der Waals surface area (Å²) in [5.74, 6) is -0.0706. The first kappa shape index (κ1) is 12.4. The van der Waals surface area contributed by atoms with E-state index in [-0.39, 0.29) is 5.78 Å². The fourth-order valence-electron chi connectivity index (χ4n) is 2.13. The summed E-state index contributed by atoms with van der Waals surface area (Å²) in [6.45, 7) is 3.61. The van der Waals surface area contributed by atoms with Crippen molar-refractivity contribution in [3.8, 4) is 0 Å². The quantitative estimate of drug-likeness (QED) is 0.667. The van der Waals surface area contributed by atoms with E-state index < -0.39 is 0 Å². The molecule has 3 aromatic rings. The van der Waals surface area contributed by atoms with Crippen LogP contribution in [0.1, 0.15) is 27.3 Å². The topological polar surface area (TPSA) is 55.7 Å². The largest absolute Gasteiger partial charge is 0.288 e. The highest BCUT2D eigenvalue weighted by molar-refractivity contribution is 6.10. The van der Waals surface area contributed by atoms with E-state index in [1.165, 1.54) is 0 Å². The summed E-state index contributed by atoms with van der Waals surface area (Å²) < 4.78 is 0. The van der Waals surface area contributed by atoms with Crippen LogP contribution in [-0.2, 0) is 0 Å². The normalized spacial score (nSPS) is 10.7. The number of aromatic nitrogens is 3. The number of pyridine rings is 1. The lowest BCUT2D eigenvalue weighted by Gasteiger charge is -2.05. The van der Waals surface area contributed by atoms with Crippen LogP contribution >= 0.6 is 0 Å². The van der Waals surface area contributed by atoms with Gasteiger partial charge in [0.15, 0.2) is 5.78 Å². The number of fused-ring (bicyclic) bond motifs is 1. The molecular weight excluding hydrogens is 250 g/mol. The highest BCUT2D eigenvalue weighted by atomic mass is 16.1. The third-order valence-corrected chi connectivity index (χ3v) is 3.20. The maximum absolute atomic E-state index is 12.6. The van der Waals surface area contributed by atoms with Crippen LogP contribution in [0.5, 0.6) is 0 Å². The van der Waals surface area contributed by atoms with Gasteiger partial charge in [-0.2, -0.15) is 10.2 Å². The smallest absolute Gasteiger partial charge is 0.196 e. The van der Waals surface area contributed by atoms with Crippen molar-refractivity contribution in [2.24, 2.45) is 0 Å². The SMILES string of the molecule is Cc1cc(C(=O)c2cnc3ccccc3c2)c(C)nn1. The minimum atomic E-state index is -0.0706. The second kappa shape index (κ2) is 4.81. The van der Waals surface area contributed by atoms with Crippen molar-refractivity contribution in [3.63, 3.8) is 0 Å². The molecule has 0 amide bonds. The number of aryl methyl sites for hydroxylation is 2. The van der Waals surface area contributed by atoms with Crippen molar-refractivity contribution in [2.45, 2.75) is 13.8 Å². The van der Waals surface area contributed by atoms with Crippen LogP contribution in [0.2, 0.25) is 0 Å². The van der Waals surface area contributed by atoms with E-state index in [4.69, 9.17) is 0 Å². The van der Waals surface area contributed by atoms with Gasteiger partial charge in [0.1, 0.15) is 0 Å². The highest BCUT2D eigenvalue weighted by Gasteiger charge is 2.14. The molecule has 0 aliphatic rings. The fourth-order valence-corrected chi connectivity index (χ4v) is 2.13. The van der Waals surface area contributed by atoms with E-state index in [1.54, 1.807) is 19.2 Å². The van der Waals surface area contributed by atoms with E-state index in [9.17, 15) is 4.79 Å². The van der Waals surface area contributed by atoms with Gasteiger partial charge in [0.2, 0.25) is 0 Å². The Hall–Kier alpha value is -2.62. The lowest BCUT2D eigenvalue weighted by molar-refractivity contribution is 0.103. The zero-order chi connectivity index (χ0) is 14.1. The van der Waals surface area contributed by atoms with Crippen LogP contribution in [0, 0.1) is 13.8 Å². The summed E-state index contributed by atoms with van der Waals surface area (Å²) in [5, 5.41) is 8.90. The molecule has 0 saturated carbocycles. The summed E-state index contributed by atoms with van der Waals surface area (Å²) in [5.41, 5.74) is 3.39. The third kappa shape index (κ3) is 2.16. The number of rotatable bonds is 2. The van der Waals surface area contributed by atoms with Crippen LogP contribution < -0.4 is 0 Å². The number of para-hydroxylation sites is 1.